The summed E-state index contributed by atoms with van der Waals surface area (Å²) in [5.74, 6) is -1.48. The number of rotatable bonds is 9. The maximum Gasteiger partial charge on any atom is 0.264 e. The van der Waals surface area contributed by atoms with Crippen molar-refractivity contribution in [2.75, 3.05) is 10.8 Å². The quantitative estimate of drug-likeness (QED) is 0.405. The Bertz CT molecular complexity index is 1420. The van der Waals surface area contributed by atoms with Gasteiger partial charge < -0.3 is 10.2 Å². The Morgan fingerprint density at radius 3 is 2.08 bits per heavy atom. The summed E-state index contributed by atoms with van der Waals surface area (Å²) < 4.78 is 42.1. The van der Waals surface area contributed by atoms with Gasteiger partial charge in [-0.05, 0) is 89.1 Å². The van der Waals surface area contributed by atoms with E-state index in [1.165, 1.54) is 17.0 Å². The van der Waals surface area contributed by atoms with Crippen LogP contribution >= 0.6 is 0 Å². The molecule has 0 aliphatic rings. The molecule has 0 radical (unpaired) electrons. The summed E-state index contributed by atoms with van der Waals surface area (Å²) in [6.45, 7) is 10.5. The zero-order valence-corrected chi connectivity index (χ0v) is 24.0. The number of aryl methyl sites for hydroxylation is 2. The number of hydrogen-bond donors (Lipinski definition) is 1. The molecule has 39 heavy (non-hydrogen) atoms. The van der Waals surface area contributed by atoms with Gasteiger partial charge in [-0.1, -0.05) is 42.0 Å². The summed E-state index contributed by atoms with van der Waals surface area (Å²) in [6, 6.07) is 17.8. The third-order valence-electron chi connectivity index (χ3n) is 6.27. The second kappa shape index (κ2) is 12.0. The molecule has 3 aromatic carbocycles. The molecule has 0 aromatic heterocycles. The van der Waals surface area contributed by atoms with E-state index in [0.717, 1.165) is 33.1 Å². The minimum atomic E-state index is -4.25. The number of nitrogens with one attached hydrogen (secondary N) is 1. The Kier molecular flexibility index (Phi) is 9.17. The van der Waals surface area contributed by atoms with Crippen LogP contribution in [0.4, 0.5) is 10.1 Å². The number of anilines is 1. The number of benzene rings is 3. The molecule has 3 rings (SSSR count). The number of sulfonamides is 1. The first-order valence-electron chi connectivity index (χ1n) is 12.7. The molecular weight excluding hydrogens is 517 g/mol. The van der Waals surface area contributed by atoms with Crippen LogP contribution in [0.15, 0.2) is 77.7 Å². The molecule has 9 heteroatoms. The number of nitrogens with zero attached hydrogens (tertiary/aromatic N) is 2. The van der Waals surface area contributed by atoms with Crippen LogP contribution in [0, 0.1) is 19.7 Å². The number of amides is 2. The molecule has 0 unspecified atom stereocenters. The van der Waals surface area contributed by atoms with Gasteiger partial charge in [-0.25, -0.2) is 12.8 Å². The molecule has 0 bridgehead atoms. The fourth-order valence-corrected chi connectivity index (χ4v) is 5.42. The van der Waals surface area contributed by atoms with Crippen LogP contribution < -0.4 is 9.62 Å². The van der Waals surface area contributed by atoms with E-state index >= 15 is 0 Å². The molecule has 0 fully saturated rings. The van der Waals surface area contributed by atoms with E-state index in [-0.39, 0.29) is 23.0 Å². The minimum absolute atomic E-state index is 0.114. The Labute approximate surface area is 230 Å². The van der Waals surface area contributed by atoms with Crippen LogP contribution in [0.3, 0.4) is 0 Å². The highest BCUT2D eigenvalue weighted by molar-refractivity contribution is 7.92. The number of hydrogen-bond acceptors (Lipinski definition) is 4. The highest BCUT2D eigenvalue weighted by Crippen LogP contribution is 2.25. The lowest BCUT2D eigenvalue weighted by molar-refractivity contribution is -0.140. The highest BCUT2D eigenvalue weighted by atomic mass is 32.2. The van der Waals surface area contributed by atoms with Crippen molar-refractivity contribution in [2.45, 2.75) is 64.6 Å². The monoisotopic (exact) mass is 553 g/mol. The zero-order chi connectivity index (χ0) is 29.0. The van der Waals surface area contributed by atoms with Crippen molar-refractivity contribution in [3.63, 3.8) is 0 Å². The van der Waals surface area contributed by atoms with Crippen LogP contribution in [-0.4, -0.2) is 43.3 Å². The largest absolute Gasteiger partial charge is 0.350 e. The lowest BCUT2D eigenvalue weighted by atomic mass is 10.1. The zero-order valence-electron chi connectivity index (χ0n) is 23.2. The van der Waals surface area contributed by atoms with E-state index in [9.17, 15) is 22.4 Å². The molecule has 0 aliphatic carbocycles. The first-order valence-corrected chi connectivity index (χ1v) is 14.1. The number of halogens is 1. The minimum Gasteiger partial charge on any atom is -0.350 e. The first kappa shape index (κ1) is 29.8. The predicted octanol–water partition coefficient (Wildman–Crippen LogP) is 4.97. The Hall–Kier alpha value is -3.72. The number of carbonyl (C=O) groups excluding carboxylic acids is 2. The third kappa shape index (κ3) is 7.66. The average molecular weight is 554 g/mol. The van der Waals surface area contributed by atoms with Crippen molar-refractivity contribution in [1.29, 1.82) is 0 Å². The Balaban J connectivity index is 2.04. The molecule has 1 N–H and O–H groups in total. The van der Waals surface area contributed by atoms with Gasteiger partial charge in [0.15, 0.2) is 0 Å². The lowest BCUT2D eigenvalue weighted by Crippen LogP contribution is -2.54. The highest BCUT2D eigenvalue weighted by Gasteiger charge is 2.33. The Morgan fingerprint density at radius 1 is 0.923 bits per heavy atom. The topological polar surface area (TPSA) is 86.8 Å². The maximum absolute atomic E-state index is 13.9. The van der Waals surface area contributed by atoms with E-state index in [0.29, 0.717) is 0 Å². The molecule has 0 spiro atoms. The van der Waals surface area contributed by atoms with Crippen LogP contribution in [0.1, 0.15) is 44.4 Å². The van der Waals surface area contributed by atoms with Gasteiger partial charge in [0, 0.05) is 12.1 Å². The molecular formula is C30H36FN3O4S. The molecule has 7 nitrogen and oxygen atoms in total. The molecule has 208 valence electrons. The predicted molar refractivity (Wildman–Crippen MR) is 151 cm³/mol. The average Bonchev–Trinajstić information content (AvgIpc) is 2.86. The summed E-state index contributed by atoms with van der Waals surface area (Å²) in [5.41, 5.74) is 2.44. The van der Waals surface area contributed by atoms with Crippen LogP contribution in [0.5, 0.6) is 0 Å². The van der Waals surface area contributed by atoms with Gasteiger partial charge in [-0.3, -0.25) is 13.9 Å². The summed E-state index contributed by atoms with van der Waals surface area (Å²) in [7, 11) is -4.25. The van der Waals surface area contributed by atoms with Crippen LogP contribution in [0.2, 0.25) is 0 Å². The van der Waals surface area contributed by atoms with Crippen molar-refractivity contribution in [3.8, 4) is 0 Å². The van der Waals surface area contributed by atoms with Crippen molar-refractivity contribution >= 4 is 27.5 Å². The molecule has 0 saturated heterocycles. The Morgan fingerprint density at radius 2 is 1.51 bits per heavy atom. The molecule has 0 aliphatic heterocycles. The number of carbonyl (C=O) groups is 2. The van der Waals surface area contributed by atoms with E-state index in [1.807, 2.05) is 58.9 Å². The van der Waals surface area contributed by atoms with E-state index in [1.54, 1.807) is 31.2 Å². The third-order valence-corrected chi connectivity index (χ3v) is 8.06. The fraction of sp³-hybridized carbons (Fsp3) is 0.333. The summed E-state index contributed by atoms with van der Waals surface area (Å²) in [5, 5.41) is 2.91. The molecule has 1 atom stereocenters. The summed E-state index contributed by atoms with van der Waals surface area (Å²) in [4.78, 5) is 28.3. The van der Waals surface area contributed by atoms with Gasteiger partial charge >= 0.3 is 0 Å². The van der Waals surface area contributed by atoms with Crippen LogP contribution in [0.25, 0.3) is 0 Å². The molecule has 2 amide bonds. The van der Waals surface area contributed by atoms with Gasteiger partial charge in [-0.2, -0.15) is 0 Å². The van der Waals surface area contributed by atoms with Gasteiger partial charge in [-0.15, -0.1) is 0 Å². The van der Waals surface area contributed by atoms with Crippen molar-refractivity contribution in [1.82, 2.24) is 10.2 Å². The second-order valence-corrected chi connectivity index (χ2v) is 12.5. The summed E-state index contributed by atoms with van der Waals surface area (Å²) >= 11 is 0. The molecule has 3 aromatic rings. The van der Waals surface area contributed by atoms with Gasteiger partial charge in [0.25, 0.3) is 10.0 Å². The fourth-order valence-electron chi connectivity index (χ4n) is 4.00. The SMILES string of the molecule is Cc1ccc(N(CC(=O)N(Cc2ccccc2C)[C@@H](C)C(=O)NC(C)(C)C)S(=O)(=O)c2ccc(F)cc2)cc1. The molecule has 0 saturated carbocycles. The lowest BCUT2D eigenvalue weighted by Gasteiger charge is -2.33. The van der Waals surface area contributed by atoms with E-state index in [4.69, 9.17) is 0 Å². The van der Waals surface area contributed by atoms with Crippen LogP contribution in [-0.2, 0) is 26.2 Å². The van der Waals surface area contributed by atoms with Gasteiger partial charge in [0.05, 0.1) is 10.6 Å². The summed E-state index contributed by atoms with van der Waals surface area (Å²) in [6.07, 6.45) is 0. The van der Waals surface area contributed by atoms with Crippen molar-refractivity contribution in [3.05, 3.63) is 95.3 Å². The second-order valence-electron chi connectivity index (χ2n) is 10.7. The van der Waals surface area contributed by atoms with Crippen molar-refractivity contribution in [2.24, 2.45) is 0 Å². The van der Waals surface area contributed by atoms with Crippen molar-refractivity contribution < 1.29 is 22.4 Å². The maximum atomic E-state index is 13.9. The van der Waals surface area contributed by atoms with Gasteiger partial charge in [0.2, 0.25) is 11.8 Å². The van der Waals surface area contributed by atoms with E-state index in [2.05, 4.69) is 5.32 Å². The standard InChI is InChI=1S/C30H36FN3O4S/c1-21-11-15-26(16-12-21)34(39(37,38)27-17-13-25(31)14-18-27)20-28(35)33(19-24-10-8-7-9-22(24)2)23(3)29(36)32-30(4,5)6/h7-18,23H,19-20H2,1-6H3,(H,32,36)/t23-/m0/s1. The van der Waals surface area contributed by atoms with E-state index < -0.39 is 39.9 Å². The molecule has 0 heterocycles. The van der Waals surface area contributed by atoms with Gasteiger partial charge in [0.1, 0.15) is 18.4 Å². The first-order chi connectivity index (χ1) is 18.2. The normalized spacial score (nSPS) is 12.5. The smallest absolute Gasteiger partial charge is 0.264 e.